The summed E-state index contributed by atoms with van der Waals surface area (Å²) >= 11 is 0. The lowest BCUT2D eigenvalue weighted by Gasteiger charge is -2.30. The van der Waals surface area contributed by atoms with Crippen LogP contribution in [0.1, 0.15) is 45.4 Å². The van der Waals surface area contributed by atoms with Crippen LogP contribution in [0.2, 0.25) is 0 Å². The van der Waals surface area contributed by atoms with Gasteiger partial charge in [-0.15, -0.1) is 0 Å². The lowest BCUT2D eigenvalue weighted by molar-refractivity contribution is -0.125. The number of nitrogens with zero attached hydrogens (tertiary/aromatic N) is 1. The number of carbonyl (C=O) groups is 1. The van der Waals surface area contributed by atoms with E-state index in [4.69, 9.17) is 0 Å². The third-order valence-corrected chi connectivity index (χ3v) is 4.10. The van der Waals surface area contributed by atoms with Crippen molar-refractivity contribution in [2.45, 2.75) is 45.4 Å². The lowest BCUT2D eigenvalue weighted by atomic mass is 9.75. The second-order valence-electron chi connectivity index (χ2n) is 6.22. The molecule has 0 saturated heterocycles. The smallest absolute Gasteiger partial charge is 0.135 e. The Bertz CT molecular complexity index is 257. The highest BCUT2D eigenvalue weighted by atomic mass is 16.4. The molecule has 0 spiro atoms. The Kier molecular flexibility index (Phi) is 12.9. The number of rotatable bonds is 8. The molecule has 2 atom stereocenters. The van der Waals surface area contributed by atoms with Gasteiger partial charge in [0, 0.05) is 39.6 Å². The molecule has 1 rings (SSSR count). The molecular weight excluding hydrogens is 264 g/mol. The number of hydrogen-bond donors (Lipinski definition) is 1. The number of likely N-dealkylation sites (N-methyl/N-ethyl adjacent to an activating group) is 1. The van der Waals surface area contributed by atoms with Crippen molar-refractivity contribution < 1.29 is 9.53 Å². The van der Waals surface area contributed by atoms with E-state index in [9.17, 15) is 4.79 Å². The van der Waals surface area contributed by atoms with Gasteiger partial charge in [-0.3, -0.25) is 4.79 Å². The SMILES string of the molecule is CCC(=O)[C@H]1CCCC[C@H]1CCNCCN(C)C.COC. The predicted molar refractivity (Wildman–Crippen MR) is 89.7 cm³/mol. The molecule has 1 N–H and O–H groups in total. The van der Waals surface area contributed by atoms with Crippen molar-refractivity contribution in [3.8, 4) is 0 Å². The van der Waals surface area contributed by atoms with Crippen LogP contribution in [0.15, 0.2) is 0 Å². The Morgan fingerprint density at radius 2 is 1.81 bits per heavy atom. The molecule has 1 aliphatic rings. The van der Waals surface area contributed by atoms with Crippen LogP contribution in [0.25, 0.3) is 0 Å². The summed E-state index contributed by atoms with van der Waals surface area (Å²) in [6.07, 6.45) is 6.84. The number of ketones is 1. The summed E-state index contributed by atoms with van der Waals surface area (Å²) in [6.45, 7) is 5.20. The maximum Gasteiger partial charge on any atom is 0.135 e. The van der Waals surface area contributed by atoms with Gasteiger partial charge < -0.3 is 15.0 Å². The molecule has 1 saturated carbocycles. The average molecular weight is 300 g/mol. The topological polar surface area (TPSA) is 41.6 Å². The molecule has 4 nitrogen and oxygen atoms in total. The highest BCUT2D eigenvalue weighted by Crippen LogP contribution is 2.33. The van der Waals surface area contributed by atoms with Crippen LogP contribution in [-0.2, 0) is 9.53 Å². The molecule has 0 radical (unpaired) electrons. The highest BCUT2D eigenvalue weighted by molar-refractivity contribution is 5.81. The zero-order valence-electron chi connectivity index (χ0n) is 14.8. The van der Waals surface area contributed by atoms with Crippen LogP contribution in [0.5, 0.6) is 0 Å². The normalized spacial score (nSPS) is 21.8. The van der Waals surface area contributed by atoms with E-state index in [1.54, 1.807) is 14.2 Å². The fourth-order valence-electron chi connectivity index (χ4n) is 2.95. The zero-order valence-corrected chi connectivity index (χ0v) is 14.8. The Labute approximate surface area is 131 Å². The number of ether oxygens (including phenoxy) is 1. The van der Waals surface area contributed by atoms with Gasteiger partial charge in [-0.1, -0.05) is 19.8 Å². The van der Waals surface area contributed by atoms with E-state index >= 15 is 0 Å². The molecular formula is C17H36N2O2. The molecule has 0 bridgehead atoms. The van der Waals surface area contributed by atoms with E-state index in [-0.39, 0.29) is 0 Å². The summed E-state index contributed by atoms with van der Waals surface area (Å²) < 4.78 is 4.25. The summed E-state index contributed by atoms with van der Waals surface area (Å²) in [5.41, 5.74) is 0. The van der Waals surface area contributed by atoms with Gasteiger partial charge in [-0.05, 0) is 45.8 Å². The summed E-state index contributed by atoms with van der Waals surface area (Å²) in [4.78, 5) is 14.1. The minimum Gasteiger partial charge on any atom is -0.388 e. The van der Waals surface area contributed by atoms with Gasteiger partial charge in [0.15, 0.2) is 0 Å². The van der Waals surface area contributed by atoms with Crippen LogP contribution >= 0.6 is 0 Å². The maximum atomic E-state index is 11.9. The monoisotopic (exact) mass is 300 g/mol. The van der Waals surface area contributed by atoms with Crippen molar-refractivity contribution in [2.24, 2.45) is 11.8 Å². The first kappa shape index (κ1) is 20.6. The molecule has 0 aromatic rings. The Morgan fingerprint density at radius 1 is 1.19 bits per heavy atom. The second-order valence-corrected chi connectivity index (χ2v) is 6.22. The van der Waals surface area contributed by atoms with Gasteiger partial charge in [-0.2, -0.15) is 0 Å². The Morgan fingerprint density at radius 3 is 2.38 bits per heavy atom. The van der Waals surface area contributed by atoms with Crippen molar-refractivity contribution in [1.29, 1.82) is 0 Å². The minimum absolute atomic E-state index is 0.361. The number of carbonyl (C=O) groups excluding carboxylic acids is 1. The van der Waals surface area contributed by atoms with Gasteiger partial charge in [0.25, 0.3) is 0 Å². The molecule has 126 valence electrons. The minimum atomic E-state index is 0.361. The molecule has 4 heteroatoms. The molecule has 21 heavy (non-hydrogen) atoms. The zero-order chi connectivity index (χ0) is 16.1. The van der Waals surface area contributed by atoms with Crippen molar-refractivity contribution in [2.75, 3.05) is 47.9 Å². The van der Waals surface area contributed by atoms with Crippen molar-refractivity contribution in [3.63, 3.8) is 0 Å². The van der Waals surface area contributed by atoms with Crippen LogP contribution in [0.4, 0.5) is 0 Å². The number of nitrogens with one attached hydrogen (secondary N) is 1. The van der Waals surface area contributed by atoms with Crippen molar-refractivity contribution >= 4 is 5.78 Å². The first-order valence-corrected chi connectivity index (χ1v) is 8.35. The third-order valence-electron chi connectivity index (χ3n) is 4.10. The van der Waals surface area contributed by atoms with E-state index in [2.05, 4.69) is 29.0 Å². The molecule has 0 aromatic carbocycles. The van der Waals surface area contributed by atoms with Gasteiger partial charge in [-0.25, -0.2) is 0 Å². The largest absolute Gasteiger partial charge is 0.388 e. The fourth-order valence-corrected chi connectivity index (χ4v) is 2.95. The lowest BCUT2D eigenvalue weighted by Crippen LogP contribution is -2.32. The Hall–Kier alpha value is -0.450. The van der Waals surface area contributed by atoms with Crippen LogP contribution in [0, 0.1) is 11.8 Å². The average Bonchev–Trinajstić information content (AvgIpc) is 2.47. The second kappa shape index (κ2) is 13.2. The molecule has 0 amide bonds. The van der Waals surface area contributed by atoms with Gasteiger partial charge in [0.05, 0.1) is 0 Å². The van der Waals surface area contributed by atoms with Crippen LogP contribution in [0.3, 0.4) is 0 Å². The van der Waals surface area contributed by atoms with Crippen LogP contribution < -0.4 is 5.32 Å². The third kappa shape index (κ3) is 9.99. The number of hydrogen-bond acceptors (Lipinski definition) is 4. The van der Waals surface area contributed by atoms with Gasteiger partial charge in [0.1, 0.15) is 5.78 Å². The maximum absolute atomic E-state index is 11.9. The predicted octanol–water partition coefficient (Wildman–Crippen LogP) is 2.58. The fraction of sp³-hybridized carbons (Fsp3) is 0.941. The van der Waals surface area contributed by atoms with E-state index in [0.717, 1.165) is 32.5 Å². The highest BCUT2D eigenvalue weighted by Gasteiger charge is 2.28. The first-order valence-electron chi connectivity index (χ1n) is 8.35. The molecule has 0 heterocycles. The molecule has 0 aromatic heterocycles. The van der Waals surface area contributed by atoms with E-state index < -0.39 is 0 Å². The standard InChI is InChI=1S/C15H30N2O.C2H6O/c1-4-15(18)14-8-6-5-7-13(14)9-10-16-11-12-17(2)3;1-3-2/h13-14,16H,4-12H2,1-3H3;1-2H3/t13-,14-;/m0./s1. The summed E-state index contributed by atoms with van der Waals surface area (Å²) in [7, 11) is 7.44. The molecule has 0 aliphatic heterocycles. The van der Waals surface area contributed by atoms with E-state index in [1.165, 1.54) is 25.7 Å². The van der Waals surface area contributed by atoms with Gasteiger partial charge in [0.2, 0.25) is 0 Å². The quantitative estimate of drug-likeness (QED) is 0.700. The van der Waals surface area contributed by atoms with E-state index in [1.807, 2.05) is 6.92 Å². The Balaban J connectivity index is 0.00000122. The molecule has 1 fully saturated rings. The van der Waals surface area contributed by atoms with E-state index in [0.29, 0.717) is 17.6 Å². The summed E-state index contributed by atoms with van der Waals surface area (Å²) in [6, 6.07) is 0. The number of Topliss-reactive ketones (excluding diaryl/α,β-unsaturated/α-hetero) is 1. The first-order chi connectivity index (χ1) is 10.1. The number of methoxy groups -OCH3 is 1. The van der Waals surface area contributed by atoms with Crippen molar-refractivity contribution in [1.82, 2.24) is 10.2 Å². The molecule has 0 unspecified atom stereocenters. The summed E-state index contributed by atoms with van der Waals surface area (Å²) in [5, 5.41) is 3.49. The van der Waals surface area contributed by atoms with Crippen LogP contribution in [-0.4, -0.2) is 58.6 Å². The molecule has 1 aliphatic carbocycles. The van der Waals surface area contributed by atoms with Gasteiger partial charge >= 0.3 is 0 Å². The summed E-state index contributed by atoms with van der Waals surface area (Å²) in [5.74, 6) is 1.49. The van der Waals surface area contributed by atoms with Crippen molar-refractivity contribution in [3.05, 3.63) is 0 Å².